The van der Waals surface area contributed by atoms with Gasteiger partial charge in [-0.3, -0.25) is 14.4 Å². The van der Waals surface area contributed by atoms with Crippen molar-refractivity contribution in [3.63, 3.8) is 0 Å². The number of thioether (sulfide) groups is 1. The lowest BCUT2D eigenvalue weighted by molar-refractivity contribution is -0.160. The molecule has 0 aliphatic carbocycles. The van der Waals surface area contributed by atoms with Crippen LogP contribution in [-0.4, -0.2) is 51.2 Å². The van der Waals surface area contributed by atoms with Crippen molar-refractivity contribution in [2.24, 2.45) is 5.73 Å². The summed E-state index contributed by atoms with van der Waals surface area (Å²) in [5, 5.41) is 14.6. The molecule has 2 aliphatic heterocycles. The van der Waals surface area contributed by atoms with E-state index < -0.39 is 35.2 Å². The molecule has 0 bridgehead atoms. The lowest BCUT2D eigenvalue weighted by Gasteiger charge is -2.50. The minimum absolute atomic E-state index is 0.138. The highest BCUT2D eigenvalue weighted by Gasteiger charge is 2.56. The monoisotopic (exact) mass is 367 g/mol. The number of carboxylic acid groups (broad SMARTS) is 1. The number of rotatable bonds is 5. The molecule has 3 heterocycles. The summed E-state index contributed by atoms with van der Waals surface area (Å²) in [4.78, 5) is 49.0. The van der Waals surface area contributed by atoms with Crippen molar-refractivity contribution >= 4 is 46.8 Å². The van der Waals surface area contributed by atoms with Crippen LogP contribution in [0.25, 0.3) is 0 Å². The Hall–Kier alpha value is -2.33. The third kappa shape index (κ3) is 2.78. The van der Waals surface area contributed by atoms with Crippen LogP contribution in [0.1, 0.15) is 4.88 Å². The van der Waals surface area contributed by atoms with Gasteiger partial charge < -0.3 is 21.1 Å². The first kappa shape index (κ1) is 16.5. The number of amides is 3. The van der Waals surface area contributed by atoms with Crippen LogP contribution >= 0.6 is 23.1 Å². The number of thiophene rings is 1. The van der Waals surface area contributed by atoms with Crippen LogP contribution in [-0.2, 0) is 25.6 Å². The lowest BCUT2D eigenvalue weighted by Crippen LogP contribution is -2.74. The molecule has 2 aliphatic rings. The van der Waals surface area contributed by atoms with Crippen molar-refractivity contribution in [3.8, 4) is 0 Å². The number of aliphatic carboxylic acids is 1. The summed E-state index contributed by atoms with van der Waals surface area (Å²) in [5.74, 6) is -3.06. The fourth-order valence-electron chi connectivity index (χ4n) is 2.64. The second-order valence-corrected chi connectivity index (χ2v) is 7.27. The molecule has 4 N–H and O–H groups in total. The van der Waals surface area contributed by atoms with Crippen molar-refractivity contribution in [1.29, 1.82) is 0 Å². The van der Waals surface area contributed by atoms with Gasteiger partial charge in [-0.1, -0.05) is 6.07 Å². The van der Waals surface area contributed by atoms with Gasteiger partial charge in [-0.25, -0.2) is 4.79 Å². The number of β-lactam (4-membered cyclic amide) rings is 1. The average molecular weight is 367 g/mol. The van der Waals surface area contributed by atoms with Gasteiger partial charge in [0.1, 0.15) is 11.4 Å². The maximum absolute atomic E-state index is 12.3. The molecule has 0 radical (unpaired) electrons. The highest BCUT2D eigenvalue weighted by Crippen LogP contribution is 2.39. The molecule has 2 unspecified atom stereocenters. The molecule has 3 rings (SSSR count). The van der Waals surface area contributed by atoms with Crippen LogP contribution < -0.4 is 11.1 Å². The molecular formula is C14H13N3O5S2. The van der Waals surface area contributed by atoms with Gasteiger partial charge in [0.05, 0.1) is 12.0 Å². The number of primary amides is 1. The van der Waals surface area contributed by atoms with Gasteiger partial charge >= 0.3 is 5.97 Å². The second kappa shape index (κ2) is 6.29. The summed E-state index contributed by atoms with van der Waals surface area (Å²) in [7, 11) is 0. The Bertz CT molecular complexity index is 746. The van der Waals surface area contributed by atoms with E-state index in [4.69, 9.17) is 5.73 Å². The van der Waals surface area contributed by atoms with Crippen molar-refractivity contribution < 1.29 is 24.3 Å². The Balaban J connectivity index is 1.72. The number of nitrogens with one attached hydrogen (secondary N) is 1. The maximum Gasteiger partial charge on any atom is 0.331 e. The SMILES string of the molecule is NC(=O)C1=CS[C@H]2C(NC(=O)Cc3cccs3)C(=O)N2C1C(=O)O. The number of carbonyl (C=O) groups excluding carboxylic acids is 3. The van der Waals surface area contributed by atoms with Gasteiger partial charge in [-0.15, -0.1) is 23.1 Å². The van der Waals surface area contributed by atoms with Gasteiger partial charge in [0.15, 0.2) is 6.04 Å². The van der Waals surface area contributed by atoms with Crippen LogP contribution in [0.4, 0.5) is 0 Å². The molecule has 1 aromatic heterocycles. The van der Waals surface area contributed by atoms with E-state index >= 15 is 0 Å². The highest BCUT2D eigenvalue weighted by molar-refractivity contribution is 8.03. The molecule has 0 spiro atoms. The molecule has 0 aromatic carbocycles. The smallest absolute Gasteiger partial charge is 0.331 e. The van der Waals surface area contributed by atoms with Crippen molar-refractivity contribution in [2.75, 3.05) is 0 Å². The van der Waals surface area contributed by atoms with Gasteiger partial charge in [0.2, 0.25) is 17.7 Å². The summed E-state index contributed by atoms with van der Waals surface area (Å²) < 4.78 is 0. The number of fused-ring (bicyclic) bond motifs is 1. The Labute approximate surface area is 144 Å². The zero-order valence-corrected chi connectivity index (χ0v) is 13.8. The first-order chi connectivity index (χ1) is 11.4. The molecule has 10 heteroatoms. The summed E-state index contributed by atoms with van der Waals surface area (Å²) >= 11 is 2.53. The number of carbonyl (C=O) groups is 4. The van der Waals surface area contributed by atoms with E-state index in [0.29, 0.717) is 0 Å². The summed E-state index contributed by atoms with van der Waals surface area (Å²) in [5.41, 5.74) is 5.03. The van der Waals surface area contributed by atoms with Gasteiger partial charge in [0, 0.05) is 4.88 Å². The third-order valence-electron chi connectivity index (χ3n) is 3.74. The summed E-state index contributed by atoms with van der Waals surface area (Å²) in [6, 6.07) is 1.42. The molecule has 8 nitrogen and oxygen atoms in total. The quantitative estimate of drug-likeness (QED) is 0.602. The molecule has 126 valence electrons. The molecule has 0 saturated carbocycles. The van der Waals surface area contributed by atoms with Crippen LogP contribution in [0.2, 0.25) is 0 Å². The Morgan fingerprint density at radius 1 is 1.38 bits per heavy atom. The molecule has 3 amide bonds. The zero-order valence-electron chi connectivity index (χ0n) is 12.2. The predicted molar refractivity (Wildman–Crippen MR) is 86.9 cm³/mol. The van der Waals surface area contributed by atoms with Crippen LogP contribution in [0.3, 0.4) is 0 Å². The van der Waals surface area contributed by atoms with E-state index in [1.54, 1.807) is 0 Å². The zero-order chi connectivity index (χ0) is 17.4. The first-order valence-corrected chi connectivity index (χ1v) is 8.74. The fraction of sp³-hybridized carbons (Fsp3) is 0.286. The topological polar surface area (TPSA) is 130 Å². The normalized spacial score (nSPS) is 25.3. The molecule has 24 heavy (non-hydrogen) atoms. The van der Waals surface area contributed by atoms with Gasteiger partial charge in [-0.2, -0.15) is 0 Å². The number of nitrogens with two attached hydrogens (primary N) is 1. The molecular weight excluding hydrogens is 354 g/mol. The summed E-state index contributed by atoms with van der Waals surface area (Å²) in [6.07, 6.45) is 0.156. The van der Waals surface area contributed by atoms with E-state index in [9.17, 15) is 24.3 Å². The van der Waals surface area contributed by atoms with Crippen molar-refractivity contribution in [2.45, 2.75) is 23.9 Å². The Morgan fingerprint density at radius 3 is 2.71 bits per heavy atom. The number of carboxylic acids is 1. The Morgan fingerprint density at radius 2 is 2.12 bits per heavy atom. The number of nitrogens with zero attached hydrogens (tertiary/aromatic N) is 1. The minimum Gasteiger partial charge on any atom is -0.479 e. The fourth-order valence-corrected chi connectivity index (χ4v) is 4.57. The summed E-state index contributed by atoms with van der Waals surface area (Å²) in [6.45, 7) is 0. The van der Waals surface area contributed by atoms with E-state index in [0.717, 1.165) is 21.5 Å². The van der Waals surface area contributed by atoms with E-state index in [-0.39, 0.29) is 17.9 Å². The largest absolute Gasteiger partial charge is 0.479 e. The standard InChI is InChI=1S/C14H13N3O5S2/c15-11(19)7-5-24-13-9(12(20)17(13)10(7)14(21)22)16-8(18)4-6-2-1-3-23-6/h1-3,5,9-10,13H,4H2,(H2,15,19)(H,16,18)(H,21,22)/t9?,10?,13-/m0/s1. The minimum atomic E-state index is -1.41. The second-order valence-electron chi connectivity index (χ2n) is 5.25. The van der Waals surface area contributed by atoms with Crippen LogP contribution in [0, 0.1) is 0 Å². The molecule has 1 fully saturated rings. The average Bonchev–Trinajstić information content (AvgIpc) is 3.03. The van der Waals surface area contributed by atoms with Gasteiger partial charge in [0.25, 0.3) is 0 Å². The maximum atomic E-state index is 12.3. The molecule has 3 atom stereocenters. The van der Waals surface area contributed by atoms with Crippen molar-refractivity contribution in [3.05, 3.63) is 33.4 Å². The van der Waals surface area contributed by atoms with E-state index in [2.05, 4.69) is 5.32 Å². The van der Waals surface area contributed by atoms with E-state index in [1.165, 1.54) is 16.7 Å². The molecule has 1 saturated heterocycles. The predicted octanol–water partition coefficient (Wildman–Crippen LogP) is -0.487. The highest BCUT2D eigenvalue weighted by atomic mass is 32.2. The van der Waals surface area contributed by atoms with Crippen LogP contribution in [0.5, 0.6) is 0 Å². The van der Waals surface area contributed by atoms with Gasteiger partial charge in [-0.05, 0) is 16.9 Å². The number of hydrogen-bond acceptors (Lipinski definition) is 6. The third-order valence-corrected chi connectivity index (χ3v) is 5.78. The first-order valence-electron chi connectivity index (χ1n) is 6.92. The Kier molecular flexibility index (Phi) is 4.33. The lowest BCUT2D eigenvalue weighted by atomic mass is 9.97. The van der Waals surface area contributed by atoms with E-state index in [1.807, 2.05) is 17.5 Å². The number of hydrogen-bond donors (Lipinski definition) is 3. The van der Waals surface area contributed by atoms with Crippen LogP contribution in [0.15, 0.2) is 28.5 Å². The van der Waals surface area contributed by atoms with Crippen molar-refractivity contribution in [1.82, 2.24) is 10.2 Å². The molecule has 1 aromatic rings.